The van der Waals surface area contributed by atoms with Crippen molar-refractivity contribution in [1.82, 2.24) is 5.32 Å². The first kappa shape index (κ1) is 15.3. The van der Waals surface area contributed by atoms with E-state index in [0.717, 1.165) is 21.3 Å². The highest BCUT2D eigenvalue weighted by Gasteiger charge is 2.32. The Morgan fingerprint density at radius 1 is 1.50 bits per heavy atom. The molecule has 5 heteroatoms. The van der Waals surface area contributed by atoms with E-state index in [0.29, 0.717) is 18.9 Å². The lowest BCUT2D eigenvalue weighted by Crippen LogP contribution is -2.17. The van der Waals surface area contributed by atoms with Gasteiger partial charge in [0.25, 0.3) is 0 Å². The largest absolute Gasteiger partial charge is 0.496 e. The monoisotopic (exact) mass is 341 g/mol. The van der Waals surface area contributed by atoms with E-state index in [1.807, 2.05) is 6.07 Å². The lowest BCUT2D eigenvalue weighted by Gasteiger charge is -2.20. The van der Waals surface area contributed by atoms with Crippen LogP contribution in [0.1, 0.15) is 43.4 Å². The Hall–Kier alpha value is -1.07. The van der Waals surface area contributed by atoms with Crippen molar-refractivity contribution < 1.29 is 14.6 Å². The zero-order chi connectivity index (χ0) is 14.9. The second kappa shape index (κ2) is 6.14. The van der Waals surface area contributed by atoms with E-state index >= 15 is 0 Å². The second-order valence-electron chi connectivity index (χ2n) is 5.50. The molecule has 1 fully saturated rings. The molecule has 1 heterocycles. The van der Waals surface area contributed by atoms with Gasteiger partial charge in [-0.15, -0.1) is 0 Å². The molecule has 0 amide bonds. The summed E-state index contributed by atoms with van der Waals surface area (Å²) >= 11 is 3.54. The van der Waals surface area contributed by atoms with Crippen LogP contribution >= 0.6 is 15.9 Å². The number of rotatable bonds is 4. The van der Waals surface area contributed by atoms with Crippen molar-refractivity contribution in [3.63, 3.8) is 0 Å². The molecule has 0 saturated carbocycles. The maximum absolute atomic E-state index is 11.1. The molecule has 1 saturated heterocycles. The van der Waals surface area contributed by atoms with Crippen LogP contribution in [0.3, 0.4) is 0 Å². The van der Waals surface area contributed by atoms with Crippen LogP contribution in [0.15, 0.2) is 16.6 Å². The van der Waals surface area contributed by atoms with Gasteiger partial charge in [0, 0.05) is 22.6 Å². The molecule has 0 radical (unpaired) electrons. The first-order valence-corrected chi connectivity index (χ1v) is 7.56. The lowest BCUT2D eigenvalue weighted by atomic mass is 9.93. The number of hydrogen-bond donors (Lipinski definition) is 2. The molecule has 0 aliphatic carbocycles. The summed E-state index contributed by atoms with van der Waals surface area (Å²) in [6, 6.07) is 4.12. The Bertz CT molecular complexity index is 516. The number of carboxylic acid groups (broad SMARTS) is 1. The molecule has 2 rings (SSSR count). The third-order valence-corrected chi connectivity index (χ3v) is 4.25. The van der Waals surface area contributed by atoms with Crippen molar-refractivity contribution in [2.45, 2.75) is 32.2 Å². The Kier molecular flexibility index (Phi) is 4.70. The summed E-state index contributed by atoms with van der Waals surface area (Å²) in [5.41, 5.74) is 2.17. The fourth-order valence-electron chi connectivity index (χ4n) is 2.72. The molecule has 1 aromatic rings. The van der Waals surface area contributed by atoms with Crippen molar-refractivity contribution in [1.29, 1.82) is 0 Å². The van der Waals surface area contributed by atoms with Crippen LogP contribution < -0.4 is 10.1 Å². The Morgan fingerprint density at radius 2 is 2.20 bits per heavy atom. The molecular formula is C15H20BrNO3. The number of halogens is 1. The fraction of sp³-hybridized carbons (Fsp3) is 0.533. The number of benzene rings is 1. The third-order valence-electron chi connectivity index (χ3n) is 3.79. The number of ether oxygens (including phenoxy) is 1. The Labute approximate surface area is 127 Å². The zero-order valence-corrected chi connectivity index (χ0v) is 13.5. The van der Waals surface area contributed by atoms with E-state index in [4.69, 9.17) is 9.84 Å². The van der Waals surface area contributed by atoms with Crippen molar-refractivity contribution in [2.75, 3.05) is 13.7 Å². The molecule has 2 unspecified atom stereocenters. The number of methoxy groups -OCH3 is 1. The minimum absolute atomic E-state index is 0.0287. The van der Waals surface area contributed by atoms with Crippen molar-refractivity contribution in [2.24, 2.45) is 5.92 Å². The van der Waals surface area contributed by atoms with Gasteiger partial charge in [-0.1, -0.05) is 29.8 Å². The molecular weight excluding hydrogens is 322 g/mol. The van der Waals surface area contributed by atoms with Crippen LogP contribution in [0.5, 0.6) is 5.75 Å². The predicted molar refractivity (Wildman–Crippen MR) is 81.3 cm³/mol. The Morgan fingerprint density at radius 3 is 2.70 bits per heavy atom. The van der Waals surface area contributed by atoms with E-state index in [-0.39, 0.29) is 12.0 Å². The van der Waals surface area contributed by atoms with E-state index < -0.39 is 5.97 Å². The zero-order valence-electron chi connectivity index (χ0n) is 11.9. The second-order valence-corrected chi connectivity index (χ2v) is 6.42. The van der Waals surface area contributed by atoms with E-state index in [2.05, 4.69) is 41.2 Å². The van der Waals surface area contributed by atoms with Gasteiger partial charge in [0.2, 0.25) is 0 Å². The minimum Gasteiger partial charge on any atom is -0.496 e. The van der Waals surface area contributed by atoms with Crippen LogP contribution in [0.2, 0.25) is 0 Å². The smallest absolute Gasteiger partial charge is 0.307 e. The highest BCUT2D eigenvalue weighted by molar-refractivity contribution is 9.10. The summed E-state index contributed by atoms with van der Waals surface area (Å²) in [4.78, 5) is 11.1. The van der Waals surface area contributed by atoms with Crippen LogP contribution in [-0.2, 0) is 4.79 Å². The molecule has 0 bridgehead atoms. The summed E-state index contributed by atoms with van der Waals surface area (Å²) in [5, 5.41) is 12.4. The van der Waals surface area contributed by atoms with Gasteiger partial charge in [-0.25, -0.2) is 0 Å². The summed E-state index contributed by atoms with van der Waals surface area (Å²) in [5.74, 6) is 0.147. The van der Waals surface area contributed by atoms with Crippen molar-refractivity contribution >= 4 is 21.9 Å². The van der Waals surface area contributed by atoms with Crippen LogP contribution in [0.4, 0.5) is 0 Å². The summed E-state index contributed by atoms with van der Waals surface area (Å²) in [6.07, 6.45) is 0.597. The van der Waals surface area contributed by atoms with Gasteiger partial charge < -0.3 is 15.2 Å². The number of carbonyl (C=O) groups is 1. The molecule has 1 aromatic carbocycles. The topological polar surface area (TPSA) is 58.6 Å². The van der Waals surface area contributed by atoms with Crippen molar-refractivity contribution in [3.05, 3.63) is 27.7 Å². The number of nitrogens with one attached hydrogen (secondary N) is 1. The number of carboxylic acids is 1. The van der Waals surface area contributed by atoms with Gasteiger partial charge in [0.05, 0.1) is 13.0 Å². The van der Waals surface area contributed by atoms with Crippen LogP contribution in [0.25, 0.3) is 0 Å². The summed E-state index contributed by atoms with van der Waals surface area (Å²) < 4.78 is 6.59. The van der Waals surface area contributed by atoms with Crippen LogP contribution in [0, 0.1) is 5.92 Å². The molecule has 2 N–H and O–H groups in total. The Balaban J connectivity index is 2.39. The SMILES string of the molecule is COc1c(C(C)C)cc(Br)cc1C1CC(C(=O)O)CN1. The lowest BCUT2D eigenvalue weighted by molar-refractivity contribution is -0.141. The highest BCUT2D eigenvalue weighted by atomic mass is 79.9. The summed E-state index contributed by atoms with van der Waals surface area (Å²) in [7, 11) is 1.67. The molecule has 1 aliphatic rings. The van der Waals surface area contributed by atoms with E-state index in [1.54, 1.807) is 7.11 Å². The third kappa shape index (κ3) is 2.99. The molecule has 1 aliphatic heterocycles. The predicted octanol–water partition coefficient (Wildman–Crippen LogP) is 3.32. The average molecular weight is 342 g/mol. The molecule has 4 nitrogen and oxygen atoms in total. The van der Waals surface area contributed by atoms with Gasteiger partial charge in [-0.2, -0.15) is 0 Å². The average Bonchev–Trinajstić information content (AvgIpc) is 2.87. The maximum Gasteiger partial charge on any atom is 0.307 e. The molecule has 0 spiro atoms. The molecule has 20 heavy (non-hydrogen) atoms. The quantitative estimate of drug-likeness (QED) is 0.881. The number of hydrogen-bond acceptors (Lipinski definition) is 3. The first-order chi connectivity index (χ1) is 9.43. The van der Waals surface area contributed by atoms with Gasteiger partial charge in [0.15, 0.2) is 0 Å². The maximum atomic E-state index is 11.1. The van der Waals surface area contributed by atoms with Crippen molar-refractivity contribution in [3.8, 4) is 5.75 Å². The summed E-state index contributed by atoms with van der Waals surface area (Å²) in [6.45, 7) is 4.75. The van der Waals surface area contributed by atoms with E-state index in [1.165, 1.54) is 0 Å². The standard InChI is InChI=1S/C15H20BrNO3/c1-8(2)11-5-10(16)6-12(14(11)20-3)13-4-9(7-17-13)15(18)19/h5-6,8-9,13,17H,4,7H2,1-3H3,(H,18,19). The molecule has 2 atom stereocenters. The van der Waals surface area contributed by atoms with E-state index in [9.17, 15) is 4.79 Å². The van der Waals surface area contributed by atoms with Gasteiger partial charge >= 0.3 is 5.97 Å². The minimum atomic E-state index is -0.738. The molecule has 0 aromatic heterocycles. The highest BCUT2D eigenvalue weighted by Crippen LogP contribution is 2.40. The van der Waals surface area contributed by atoms with Gasteiger partial charge in [-0.05, 0) is 30.0 Å². The van der Waals surface area contributed by atoms with Crippen LogP contribution in [-0.4, -0.2) is 24.7 Å². The number of aliphatic carboxylic acids is 1. The van der Waals surface area contributed by atoms with Gasteiger partial charge in [-0.3, -0.25) is 4.79 Å². The van der Waals surface area contributed by atoms with Gasteiger partial charge in [0.1, 0.15) is 5.75 Å². The fourth-order valence-corrected chi connectivity index (χ4v) is 3.21. The normalized spacial score (nSPS) is 22.2. The first-order valence-electron chi connectivity index (χ1n) is 6.77. The molecule has 110 valence electrons.